The number of anilines is 1. The molecule has 0 saturated carbocycles. The fourth-order valence-corrected chi connectivity index (χ4v) is 7.91. The molecule has 1 amide bonds. The van der Waals surface area contributed by atoms with Crippen LogP contribution in [0.4, 0.5) is 5.69 Å². The lowest BCUT2D eigenvalue weighted by Crippen LogP contribution is -2.47. The van der Waals surface area contributed by atoms with Gasteiger partial charge in [-0.25, -0.2) is 0 Å². The normalized spacial score (nSPS) is 12.3. The first-order valence-electron chi connectivity index (χ1n) is 16.5. The van der Waals surface area contributed by atoms with Crippen molar-refractivity contribution in [3.05, 3.63) is 138 Å². The molecule has 1 aliphatic rings. The number of carbonyl (C=O) groups is 1. The molecule has 5 aromatic carbocycles. The average Bonchev–Trinajstić information content (AvgIpc) is 3.51. The topological polar surface area (TPSA) is 82.4 Å². The number of aromatic hydroxyl groups is 1. The molecule has 0 fully saturated rings. The monoisotopic (exact) mass is 653 g/mol. The van der Waals surface area contributed by atoms with E-state index in [0.717, 1.165) is 80.5 Å². The van der Waals surface area contributed by atoms with Gasteiger partial charge >= 0.3 is 0 Å². The highest BCUT2D eigenvalue weighted by atomic mass is 32.2. The van der Waals surface area contributed by atoms with Gasteiger partial charge in [-0.15, -0.1) is 0 Å². The van der Waals surface area contributed by atoms with Crippen LogP contribution in [0, 0.1) is 0 Å². The van der Waals surface area contributed by atoms with Crippen LogP contribution in [-0.2, 0) is 16.9 Å². The van der Waals surface area contributed by atoms with E-state index in [2.05, 4.69) is 76.5 Å². The highest BCUT2D eigenvalue weighted by Crippen LogP contribution is 2.51. The lowest BCUT2D eigenvalue weighted by atomic mass is 9.77. The zero-order chi connectivity index (χ0) is 33.1. The molecule has 0 spiro atoms. The Morgan fingerprint density at radius 1 is 0.833 bits per heavy atom. The van der Waals surface area contributed by atoms with Gasteiger partial charge in [0.05, 0.1) is 29.8 Å². The van der Waals surface area contributed by atoms with E-state index in [0.29, 0.717) is 0 Å². The zero-order valence-corrected chi connectivity index (χ0v) is 28.0. The van der Waals surface area contributed by atoms with Gasteiger partial charge in [0.25, 0.3) is 0 Å². The number of hydrogen-bond donors (Lipinski definition) is 3. The SMILES string of the molecule is CCN(CC)CCn1nc2c3c(c(NC(=O)CNC(c4ccccc4)(c4ccccc4)c4ccccc4)ccc31)Sc1ccc(O)cc1-2. The summed E-state index contributed by atoms with van der Waals surface area (Å²) in [5.74, 6) is 0.0586. The summed E-state index contributed by atoms with van der Waals surface area (Å²) in [7, 11) is 0. The molecule has 2 heterocycles. The first kappa shape index (κ1) is 31.7. The summed E-state index contributed by atoms with van der Waals surface area (Å²) >= 11 is 1.60. The maximum atomic E-state index is 14.0. The fraction of sp³-hybridized carbons (Fsp3) is 0.200. The number of fused-ring (bicyclic) bond motifs is 2. The maximum Gasteiger partial charge on any atom is 0.238 e. The van der Waals surface area contributed by atoms with E-state index < -0.39 is 5.54 Å². The number of rotatable bonds is 12. The molecule has 1 aliphatic heterocycles. The number of amides is 1. The van der Waals surface area contributed by atoms with Gasteiger partial charge in [-0.3, -0.25) is 14.8 Å². The van der Waals surface area contributed by atoms with E-state index in [9.17, 15) is 9.90 Å². The molecular formula is C40H39N5O2S. The number of likely N-dealkylation sites (N-methyl/N-ethyl adjacent to an activating group) is 1. The van der Waals surface area contributed by atoms with Gasteiger partial charge in [0.2, 0.25) is 5.91 Å². The minimum absolute atomic E-state index is 0.0707. The largest absolute Gasteiger partial charge is 0.508 e. The maximum absolute atomic E-state index is 14.0. The molecule has 0 saturated heterocycles. The third-order valence-corrected chi connectivity index (χ3v) is 10.4. The molecule has 48 heavy (non-hydrogen) atoms. The second-order valence-corrected chi connectivity index (χ2v) is 13.0. The highest BCUT2D eigenvalue weighted by molar-refractivity contribution is 8.00. The predicted molar refractivity (Wildman–Crippen MR) is 195 cm³/mol. The minimum atomic E-state index is -0.756. The second kappa shape index (κ2) is 13.7. The van der Waals surface area contributed by atoms with E-state index in [1.807, 2.05) is 66.7 Å². The summed E-state index contributed by atoms with van der Waals surface area (Å²) in [6.45, 7) is 7.99. The molecule has 0 radical (unpaired) electrons. The van der Waals surface area contributed by atoms with Crippen molar-refractivity contribution in [2.24, 2.45) is 0 Å². The molecule has 8 heteroatoms. The van der Waals surface area contributed by atoms with Crippen LogP contribution < -0.4 is 10.6 Å². The van der Waals surface area contributed by atoms with Gasteiger partial charge in [-0.05, 0) is 60.1 Å². The molecule has 0 aliphatic carbocycles. The Hall–Kier alpha value is -4.89. The summed E-state index contributed by atoms with van der Waals surface area (Å²) in [6.07, 6.45) is 0. The summed E-state index contributed by atoms with van der Waals surface area (Å²) < 4.78 is 2.06. The van der Waals surface area contributed by atoms with Crippen LogP contribution in [0.15, 0.2) is 131 Å². The van der Waals surface area contributed by atoms with Crippen molar-refractivity contribution < 1.29 is 9.90 Å². The molecule has 6 aromatic rings. The molecule has 7 nitrogen and oxygen atoms in total. The number of hydrogen-bond acceptors (Lipinski definition) is 6. The smallest absolute Gasteiger partial charge is 0.238 e. The van der Waals surface area contributed by atoms with Gasteiger partial charge in [-0.1, -0.05) is 117 Å². The van der Waals surface area contributed by atoms with E-state index in [1.165, 1.54) is 0 Å². The number of nitrogens with one attached hydrogen (secondary N) is 2. The van der Waals surface area contributed by atoms with E-state index in [1.54, 1.807) is 23.9 Å². The van der Waals surface area contributed by atoms with Crippen LogP contribution in [-0.4, -0.2) is 51.9 Å². The minimum Gasteiger partial charge on any atom is -0.508 e. The predicted octanol–water partition coefficient (Wildman–Crippen LogP) is 7.74. The Kier molecular flexibility index (Phi) is 9.04. The van der Waals surface area contributed by atoms with Crippen molar-refractivity contribution in [1.29, 1.82) is 0 Å². The Balaban J connectivity index is 1.24. The van der Waals surface area contributed by atoms with Crippen LogP contribution in [0.5, 0.6) is 5.75 Å². The van der Waals surface area contributed by atoms with E-state index >= 15 is 0 Å². The fourth-order valence-electron chi connectivity index (χ4n) is 6.76. The average molecular weight is 654 g/mol. The number of phenols is 1. The third-order valence-electron chi connectivity index (χ3n) is 9.23. The van der Waals surface area contributed by atoms with Gasteiger partial charge in [0.15, 0.2) is 0 Å². The number of phenolic OH excluding ortho intramolecular Hbond substituents is 1. The molecule has 1 aromatic heterocycles. The summed E-state index contributed by atoms with van der Waals surface area (Å²) in [4.78, 5) is 18.3. The van der Waals surface area contributed by atoms with Crippen LogP contribution >= 0.6 is 11.8 Å². The van der Waals surface area contributed by atoms with Crippen molar-refractivity contribution in [1.82, 2.24) is 20.0 Å². The number of carbonyl (C=O) groups excluding carboxylic acids is 1. The van der Waals surface area contributed by atoms with Crippen molar-refractivity contribution in [2.45, 2.75) is 35.7 Å². The van der Waals surface area contributed by atoms with E-state index in [-0.39, 0.29) is 18.2 Å². The number of nitrogens with zero attached hydrogens (tertiary/aromatic N) is 3. The van der Waals surface area contributed by atoms with Gasteiger partial charge < -0.3 is 15.3 Å². The van der Waals surface area contributed by atoms with Gasteiger partial charge in [0, 0.05) is 27.3 Å². The van der Waals surface area contributed by atoms with Crippen molar-refractivity contribution in [3.8, 4) is 17.0 Å². The first-order valence-corrected chi connectivity index (χ1v) is 17.3. The van der Waals surface area contributed by atoms with E-state index in [4.69, 9.17) is 5.10 Å². The summed E-state index contributed by atoms with van der Waals surface area (Å²) in [5.41, 5.74) is 5.87. The first-order chi connectivity index (χ1) is 23.5. The van der Waals surface area contributed by atoms with Crippen molar-refractivity contribution in [3.63, 3.8) is 0 Å². The number of aromatic nitrogens is 2. The Morgan fingerprint density at radius 2 is 1.44 bits per heavy atom. The second-order valence-electron chi connectivity index (χ2n) is 12.0. The third kappa shape index (κ3) is 5.87. The van der Waals surface area contributed by atoms with Crippen LogP contribution in [0.3, 0.4) is 0 Å². The zero-order valence-electron chi connectivity index (χ0n) is 27.2. The highest BCUT2D eigenvalue weighted by Gasteiger charge is 2.36. The Bertz CT molecular complexity index is 1950. The molecule has 0 atom stereocenters. The lowest BCUT2D eigenvalue weighted by molar-refractivity contribution is -0.115. The molecular weight excluding hydrogens is 615 g/mol. The quantitative estimate of drug-likeness (QED) is 0.117. The van der Waals surface area contributed by atoms with Crippen LogP contribution in [0.1, 0.15) is 30.5 Å². The Labute approximate surface area is 285 Å². The summed E-state index contributed by atoms with van der Waals surface area (Å²) in [6, 6.07) is 40.3. The molecule has 0 bridgehead atoms. The lowest BCUT2D eigenvalue weighted by Gasteiger charge is -2.37. The standard InChI is InChI=1S/C40H39N5O2S/c1-3-44(4-2)24-25-45-34-22-21-33(39-37(34)38(43-45)32-26-31(46)20-23-35(32)48-39)42-36(47)27-41-40(28-14-8-5-9-15-28,29-16-10-6-11-17-29)30-18-12-7-13-19-30/h5-23,26,41,46H,3-4,24-25,27H2,1-2H3,(H,42,47). The van der Waals surface area contributed by atoms with Crippen molar-refractivity contribution in [2.75, 3.05) is 31.5 Å². The molecule has 0 unspecified atom stereocenters. The Morgan fingerprint density at radius 3 is 2.02 bits per heavy atom. The van der Waals surface area contributed by atoms with Gasteiger partial charge in [-0.2, -0.15) is 5.10 Å². The van der Waals surface area contributed by atoms with Gasteiger partial charge in [0.1, 0.15) is 11.4 Å². The van der Waals surface area contributed by atoms with Crippen LogP contribution in [0.2, 0.25) is 0 Å². The molecule has 242 valence electrons. The van der Waals surface area contributed by atoms with Crippen molar-refractivity contribution >= 4 is 34.3 Å². The van der Waals surface area contributed by atoms with Crippen LogP contribution in [0.25, 0.3) is 22.2 Å². The molecule has 3 N–H and O–H groups in total. The molecule has 7 rings (SSSR count). The number of benzene rings is 5. The summed E-state index contributed by atoms with van der Waals surface area (Å²) in [5, 5.41) is 23.4.